The number of carboxylic acids is 1. The average molecular weight is 362 g/mol. The van der Waals surface area contributed by atoms with Gasteiger partial charge in [0.25, 0.3) is 0 Å². The first kappa shape index (κ1) is 22.8. The maximum Gasteiger partial charge on any atom is 0.326 e. The van der Waals surface area contributed by atoms with Gasteiger partial charge < -0.3 is 15.3 Å². The smallest absolute Gasteiger partial charge is 0.326 e. The molecule has 0 rings (SSSR count). The number of nitrogens with one attached hydrogen (secondary N) is 1. The summed E-state index contributed by atoms with van der Waals surface area (Å²) in [6, 6.07) is -0.833. The van der Waals surface area contributed by atoms with Gasteiger partial charge in [-0.25, -0.2) is 4.79 Å². The van der Waals surface area contributed by atoms with Gasteiger partial charge in [-0.15, -0.1) is 0 Å². The van der Waals surface area contributed by atoms with Crippen molar-refractivity contribution in [2.24, 2.45) is 11.8 Å². The SMILES string of the molecule is CCC(CCC(C)C(=O)N[C@H](CC[S+](C)C)C(=O)O)C(=O)N(C)C. The van der Waals surface area contributed by atoms with Crippen LogP contribution >= 0.6 is 0 Å². The van der Waals surface area contributed by atoms with E-state index in [4.69, 9.17) is 0 Å². The number of carbonyl (C=O) groups excluding carboxylic acids is 2. The van der Waals surface area contributed by atoms with E-state index < -0.39 is 12.0 Å². The van der Waals surface area contributed by atoms with E-state index in [2.05, 4.69) is 17.8 Å². The number of aliphatic carboxylic acids is 1. The number of hydrogen-bond donors (Lipinski definition) is 2. The third kappa shape index (κ3) is 8.57. The van der Waals surface area contributed by atoms with Crippen molar-refractivity contribution in [3.63, 3.8) is 0 Å². The molecule has 2 unspecified atom stereocenters. The summed E-state index contributed by atoms with van der Waals surface area (Å²) in [4.78, 5) is 37.1. The number of carbonyl (C=O) groups is 3. The lowest BCUT2D eigenvalue weighted by Gasteiger charge is -2.21. The summed E-state index contributed by atoms with van der Waals surface area (Å²) in [6.07, 6.45) is 6.49. The van der Waals surface area contributed by atoms with Gasteiger partial charge >= 0.3 is 5.97 Å². The largest absolute Gasteiger partial charge is 0.480 e. The van der Waals surface area contributed by atoms with Crippen LogP contribution in [-0.4, -0.2) is 66.2 Å². The predicted molar refractivity (Wildman–Crippen MR) is 99.1 cm³/mol. The second-order valence-corrected chi connectivity index (χ2v) is 9.07. The Labute approximate surface area is 148 Å². The summed E-state index contributed by atoms with van der Waals surface area (Å²) in [5.74, 6) is -0.783. The van der Waals surface area contributed by atoms with Crippen LogP contribution in [0, 0.1) is 11.8 Å². The Hall–Kier alpha value is -1.24. The number of nitrogens with zero attached hydrogens (tertiary/aromatic N) is 1. The molecule has 2 amide bonds. The molecule has 0 aromatic rings. The fourth-order valence-electron chi connectivity index (χ4n) is 2.37. The highest BCUT2D eigenvalue weighted by Gasteiger charge is 2.26. The molecule has 0 saturated heterocycles. The molecule has 0 radical (unpaired) electrons. The Kier molecular flexibility index (Phi) is 10.8. The molecule has 0 aliphatic rings. The highest BCUT2D eigenvalue weighted by Crippen LogP contribution is 2.18. The standard InChI is InChI=1S/C17H32N2O4S/c1-7-13(16(21)19(3)4)9-8-12(2)15(20)18-14(17(22)23)10-11-24(5)6/h12-14H,7-11H2,1-6H3,(H-,18,20,22,23)/p+1/t12?,13?,14-/m1/s1. The molecule has 0 aliphatic carbocycles. The zero-order valence-electron chi connectivity index (χ0n) is 15.8. The molecule has 0 fully saturated rings. The van der Waals surface area contributed by atoms with Crippen molar-refractivity contribution in [3.8, 4) is 0 Å². The first-order valence-electron chi connectivity index (χ1n) is 8.38. The van der Waals surface area contributed by atoms with Crippen LogP contribution in [0.25, 0.3) is 0 Å². The molecule has 24 heavy (non-hydrogen) atoms. The maximum absolute atomic E-state index is 12.2. The predicted octanol–water partition coefficient (Wildman–Crippen LogP) is 1.35. The van der Waals surface area contributed by atoms with Crippen molar-refractivity contribution >= 4 is 28.7 Å². The van der Waals surface area contributed by atoms with E-state index in [1.165, 1.54) is 0 Å². The second-order valence-electron chi connectivity index (χ2n) is 6.69. The molecule has 2 N–H and O–H groups in total. The van der Waals surface area contributed by atoms with Gasteiger partial charge in [-0.3, -0.25) is 9.59 Å². The maximum atomic E-state index is 12.2. The molecule has 0 saturated carbocycles. The lowest BCUT2D eigenvalue weighted by atomic mass is 9.93. The van der Waals surface area contributed by atoms with Gasteiger partial charge in [-0.1, -0.05) is 13.8 Å². The monoisotopic (exact) mass is 361 g/mol. The van der Waals surface area contributed by atoms with Crippen LogP contribution in [0.3, 0.4) is 0 Å². The topological polar surface area (TPSA) is 86.7 Å². The van der Waals surface area contributed by atoms with Crippen LogP contribution < -0.4 is 5.32 Å². The molecule has 0 aromatic heterocycles. The molecule has 6 nitrogen and oxygen atoms in total. The van der Waals surface area contributed by atoms with Gasteiger partial charge in [0.05, 0.1) is 12.5 Å². The molecule has 3 atom stereocenters. The normalized spacial score (nSPS) is 14.8. The summed E-state index contributed by atoms with van der Waals surface area (Å²) in [5, 5.41) is 11.9. The minimum Gasteiger partial charge on any atom is -0.480 e. The molecule has 7 heteroatoms. The summed E-state index contributed by atoms with van der Waals surface area (Å²) < 4.78 is 0. The van der Waals surface area contributed by atoms with Gasteiger partial charge in [-0.05, 0) is 30.2 Å². The first-order valence-corrected chi connectivity index (χ1v) is 10.6. The van der Waals surface area contributed by atoms with Crippen molar-refractivity contribution in [1.82, 2.24) is 10.2 Å². The third-order valence-electron chi connectivity index (χ3n) is 4.11. The van der Waals surface area contributed by atoms with Crippen molar-refractivity contribution in [1.29, 1.82) is 0 Å². The molecule has 0 bridgehead atoms. The van der Waals surface area contributed by atoms with Gasteiger partial charge in [0.1, 0.15) is 11.8 Å². The molecule has 0 aromatic carbocycles. The Morgan fingerprint density at radius 1 is 1.12 bits per heavy atom. The van der Waals surface area contributed by atoms with Gasteiger partial charge in [0, 0.05) is 32.4 Å². The second kappa shape index (κ2) is 11.3. The lowest BCUT2D eigenvalue weighted by Crippen LogP contribution is -2.44. The van der Waals surface area contributed by atoms with Crippen LogP contribution in [0.4, 0.5) is 0 Å². The zero-order chi connectivity index (χ0) is 18.9. The molecule has 140 valence electrons. The van der Waals surface area contributed by atoms with E-state index in [0.717, 1.165) is 12.2 Å². The quantitative estimate of drug-likeness (QED) is 0.544. The van der Waals surface area contributed by atoms with Gasteiger partial charge in [0.15, 0.2) is 0 Å². The van der Waals surface area contributed by atoms with E-state index in [9.17, 15) is 19.5 Å². The van der Waals surface area contributed by atoms with E-state index in [1.54, 1.807) is 25.9 Å². The molecular formula is C17H33N2O4S+. The van der Waals surface area contributed by atoms with E-state index >= 15 is 0 Å². The molecular weight excluding hydrogens is 328 g/mol. The van der Waals surface area contributed by atoms with Crippen molar-refractivity contribution < 1.29 is 19.5 Å². The molecule has 0 aliphatic heterocycles. The van der Waals surface area contributed by atoms with Crippen molar-refractivity contribution in [2.45, 2.75) is 45.6 Å². The minimum atomic E-state index is -0.991. The van der Waals surface area contributed by atoms with E-state index in [0.29, 0.717) is 19.3 Å². The van der Waals surface area contributed by atoms with Crippen LogP contribution in [0.15, 0.2) is 0 Å². The Morgan fingerprint density at radius 3 is 2.12 bits per heavy atom. The third-order valence-corrected chi connectivity index (χ3v) is 5.16. The van der Waals surface area contributed by atoms with Crippen LogP contribution in [0.2, 0.25) is 0 Å². The van der Waals surface area contributed by atoms with E-state index in [1.807, 2.05) is 6.92 Å². The average Bonchev–Trinajstić information content (AvgIpc) is 2.50. The summed E-state index contributed by atoms with van der Waals surface area (Å²) in [5.41, 5.74) is 0. The van der Waals surface area contributed by atoms with Gasteiger partial charge in [0.2, 0.25) is 11.8 Å². The van der Waals surface area contributed by atoms with Crippen molar-refractivity contribution in [3.05, 3.63) is 0 Å². The number of hydrogen-bond acceptors (Lipinski definition) is 3. The number of carboxylic acid groups (broad SMARTS) is 1. The van der Waals surface area contributed by atoms with Gasteiger partial charge in [-0.2, -0.15) is 0 Å². The van der Waals surface area contributed by atoms with E-state index in [-0.39, 0.29) is 34.5 Å². The zero-order valence-corrected chi connectivity index (χ0v) is 16.6. The number of rotatable bonds is 11. The van der Waals surface area contributed by atoms with Crippen LogP contribution in [0.5, 0.6) is 0 Å². The highest BCUT2D eigenvalue weighted by molar-refractivity contribution is 7.95. The minimum absolute atomic E-state index is 0.0754. The summed E-state index contributed by atoms with van der Waals surface area (Å²) in [6.45, 7) is 3.75. The number of amides is 2. The Morgan fingerprint density at radius 2 is 1.71 bits per heavy atom. The van der Waals surface area contributed by atoms with Crippen molar-refractivity contribution in [2.75, 3.05) is 32.4 Å². The summed E-state index contributed by atoms with van der Waals surface area (Å²) in [7, 11) is 3.60. The Balaban J connectivity index is 4.52. The molecule has 0 heterocycles. The first-order chi connectivity index (χ1) is 11.1. The molecule has 0 spiro atoms. The fraction of sp³-hybridized carbons (Fsp3) is 0.824. The van der Waals surface area contributed by atoms with Crippen LogP contribution in [-0.2, 0) is 25.3 Å². The van der Waals surface area contributed by atoms with Crippen LogP contribution in [0.1, 0.15) is 39.5 Å². The summed E-state index contributed by atoms with van der Waals surface area (Å²) >= 11 is 0. The Bertz CT molecular complexity index is 427. The fourth-order valence-corrected chi connectivity index (χ4v) is 3.08. The highest BCUT2D eigenvalue weighted by atomic mass is 32.2. The lowest BCUT2D eigenvalue weighted by molar-refractivity contribution is -0.142.